The van der Waals surface area contributed by atoms with Crippen LogP contribution < -0.4 is 5.32 Å². The largest absolute Gasteiger partial charge is 0.504 e. The number of halogens is 2. The molecule has 98 valence electrons. The first-order chi connectivity index (χ1) is 9.00. The number of carbonyl (C=O) groups is 1. The van der Waals surface area contributed by atoms with Gasteiger partial charge in [-0.15, -0.1) is 0 Å². The Labute approximate surface area is 106 Å². The highest BCUT2D eigenvalue weighted by Crippen LogP contribution is 2.29. The van der Waals surface area contributed by atoms with Crippen LogP contribution in [0.1, 0.15) is 10.4 Å². The number of phenolic OH excluding ortho intramolecular Hbond substituents is 2. The first-order valence-electron chi connectivity index (χ1n) is 5.27. The summed E-state index contributed by atoms with van der Waals surface area (Å²) in [5, 5.41) is 20.7. The number of rotatable bonds is 2. The summed E-state index contributed by atoms with van der Waals surface area (Å²) >= 11 is 0. The maximum Gasteiger partial charge on any atom is 0.259 e. The predicted molar refractivity (Wildman–Crippen MR) is 64.1 cm³/mol. The first-order valence-corrected chi connectivity index (χ1v) is 5.27. The second kappa shape index (κ2) is 4.93. The number of anilines is 1. The first kappa shape index (κ1) is 12.8. The van der Waals surface area contributed by atoms with Crippen molar-refractivity contribution in [1.82, 2.24) is 0 Å². The molecule has 2 rings (SSSR count). The van der Waals surface area contributed by atoms with Crippen molar-refractivity contribution < 1.29 is 23.8 Å². The second-order valence-corrected chi connectivity index (χ2v) is 3.72. The van der Waals surface area contributed by atoms with Crippen LogP contribution in [0.15, 0.2) is 36.4 Å². The molecule has 0 radical (unpaired) electrons. The summed E-state index contributed by atoms with van der Waals surface area (Å²) in [6, 6.07) is 6.84. The van der Waals surface area contributed by atoms with Crippen molar-refractivity contribution in [2.75, 3.05) is 5.32 Å². The highest BCUT2D eigenvalue weighted by atomic mass is 19.1. The van der Waals surface area contributed by atoms with E-state index in [1.165, 1.54) is 18.2 Å². The van der Waals surface area contributed by atoms with Crippen molar-refractivity contribution in [3.8, 4) is 11.5 Å². The number of amides is 1. The van der Waals surface area contributed by atoms with Gasteiger partial charge in [0.15, 0.2) is 11.5 Å². The maximum absolute atomic E-state index is 13.3. The molecule has 2 aromatic rings. The molecule has 0 aromatic heterocycles. The molecule has 0 saturated heterocycles. The summed E-state index contributed by atoms with van der Waals surface area (Å²) in [6.07, 6.45) is 0. The fourth-order valence-corrected chi connectivity index (χ4v) is 1.51. The Morgan fingerprint density at radius 1 is 1.00 bits per heavy atom. The van der Waals surface area contributed by atoms with Gasteiger partial charge in [0, 0.05) is 0 Å². The van der Waals surface area contributed by atoms with Gasteiger partial charge in [0.25, 0.3) is 5.91 Å². The Hall–Kier alpha value is -2.63. The van der Waals surface area contributed by atoms with Gasteiger partial charge >= 0.3 is 0 Å². The van der Waals surface area contributed by atoms with Crippen LogP contribution in [0.4, 0.5) is 14.5 Å². The SMILES string of the molecule is O=C(Nc1c(F)cccc1F)c1cccc(O)c1O. The molecule has 6 heteroatoms. The standard InChI is InChI=1S/C13H9F2NO3/c14-8-4-2-5-9(15)11(8)16-13(19)7-3-1-6-10(17)12(7)18/h1-6,17-18H,(H,16,19). The predicted octanol–water partition coefficient (Wildman–Crippen LogP) is 2.63. The van der Waals surface area contributed by atoms with Crippen molar-refractivity contribution in [3.63, 3.8) is 0 Å². The van der Waals surface area contributed by atoms with Crippen LogP contribution >= 0.6 is 0 Å². The Bertz CT molecular complexity index is 624. The Morgan fingerprint density at radius 3 is 2.21 bits per heavy atom. The lowest BCUT2D eigenvalue weighted by molar-refractivity contribution is 0.102. The minimum atomic E-state index is -0.937. The van der Waals surface area contributed by atoms with E-state index < -0.39 is 34.7 Å². The zero-order valence-corrected chi connectivity index (χ0v) is 9.52. The molecule has 4 nitrogen and oxygen atoms in total. The molecule has 0 heterocycles. The zero-order chi connectivity index (χ0) is 14.0. The number of carbonyl (C=O) groups excluding carboxylic acids is 1. The summed E-state index contributed by atoms with van der Waals surface area (Å²) in [5.41, 5.74) is -0.905. The van der Waals surface area contributed by atoms with Crippen molar-refractivity contribution >= 4 is 11.6 Å². The average molecular weight is 265 g/mol. The van der Waals surface area contributed by atoms with E-state index in [9.17, 15) is 23.8 Å². The smallest absolute Gasteiger partial charge is 0.259 e. The number of benzene rings is 2. The van der Waals surface area contributed by atoms with Crippen LogP contribution in [0, 0.1) is 11.6 Å². The van der Waals surface area contributed by atoms with E-state index in [0.717, 1.165) is 18.2 Å². The van der Waals surface area contributed by atoms with Crippen LogP contribution in [0.3, 0.4) is 0 Å². The maximum atomic E-state index is 13.3. The normalized spacial score (nSPS) is 10.2. The molecule has 2 aromatic carbocycles. The van der Waals surface area contributed by atoms with Gasteiger partial charge in [-0.3, -0.25) is 4.79 Å². The molecule has 0 atom stereocenters. The lowest BCUT2D eigenvalue weighted by Crippen LogP contribution is -2.14. The molecule has 0 saturated carbocycles. The summed E-state index contributed by atoms with van der Waals surface area (Å²) in [6.45, 7) is 0. The van der Waals surface area contributed by atoms with E-state index in [1.54, 1.807) is 0 Å². The van der Waals surface area contributed by atoms with Gasteiger partial charge in [0.1, 0.15) is 17.3 Å². The number of nitrogens with one attached hydrogen (secondary N) is 1. The van der Waals surface area contributed by atoms with Crippen molar-refractivity contribution in [2.45, 2.75) is 0 Å². The molecular formula is C13H9F2NO3. The highest BCUT2D eigenvalue weighted by molar-refractivity contribution is 6.06. The van der Waals surface area contributed by atoms with Crippen molar-refractivity contribution in [2.24, 2.45) is 0 Å². The van der Waals surface area contributed by atoms with Gasteiger partial charge in [-0.05, 0) is 24.3 Å². The summed E-state index contributed by atoms with van der Waals surface area (Å²) < 4.78 is 26.7. The Kier molecular flexibility index (Phi) is 3.33. The van der Waals surface area contributed by atoms with E-state index in [1.807, 2.05) is 5.32 Å². The molecule has 0 aliphatic carbocycles. The number of aromatic hydroxyl groups is 2. The minimum absolute atomic E-state index is 0.289. The van der Waals surface area contributed by atoms with E-state index in [4.69, 9.17) is 0 Å². The van der Waals surface area contributed by atoms with Crippen LogP contribution in [-0.2, 0) is 0 Å². The van der Waals surface area contributed by atoms with Crippen LogP contribution in [0.2, 0.25) is 0 Å². The number of hydrogen-bond donors (Lipinski definition) is 3. The van der Waals surface area contributed by atoms with Crippen LogP contribution in [-0.4, -0.2) is 16.1 Å². The Morgan fingerprint density at radius 2 is 1.58 bits per heavy atom. The lowest BCUT2D eigenvalue weighted by Gasteiger charge is -2.09. The van der Waals surface area contributed by atoms with Gasteiger partial charge in [0.2, 0.25) is 0 Å². The van der Waals surface area contributed by atoms with Crippen molar-refractivity contribution in [1.29, 1.82) is 0 Å². The van der Waals surface area contributed by atoms with Crippen molar-refractivity contribution in [3.05, 3.63) is 53.6 Å². The number of hydrogen-bond acceptors (Lipinski definition) is 3. The summed E-state index contributed by atoms with van der Waals surface area (Å²) in [5.74, 6) is -3.96. The van der Waals surface area contributed by atoms with Gasteiger partial charge < -0.3 is 15.5 Å². The molecular weight excluding hydrogens is 256 g/mol. The molecule has 19 heavy (non-hydrogen) atoms. The molecule has 0 fully saturated rings. The highest BCUT2D eigenvalue weighted by Gasteiger charge is 2.17. The molecule has 0 aliphatic heterocycles. The molecule has 1 amide bonds. The van der Waals surface area contributed by atoms with Gasteiger partial charge in [-0.25, -0.2) is 8.78 Å². The molecule has 0 spiro atoms. The van der Waals surface area contributed by atoms with E-state index >= 15 is 0 Å². The topological polar surface area (TPSA) is 69.6 Å². The third kappa shape index (κ3) is 2.47. The average Bonchev–Trinajstić information content (AvgIpc) is 2.37. The quantitative estimate of drug-likeness (QED) is 0.731. The second-order valence-electron chi connectivity index (χ2n) is 3.72. The molecule has 3 N–H and O–H groups in total. The Balaban J connectivity index is 2.34. The van der Waals surface area contributed by atoms with Gasteiger partial charge in [-0.2, -0.15) is 0 Å². The summed E-state index contributed by atoms with van der Waals surface area (Å²) in [4.78, 5) is 11.8. The minimum Gasteiger partial charge on any atom is -0.504 e. The van der Waals surface area contributed by atoms with Gasteiger partial charge in [0.05, 0.1) is 5.56 Å². The molecule has 0 bridgehead atoms. The third-order valence-electron chi connectivity index (χ3n) is 2.46. The van der Waals surface area contributed by atoms with E-state index in [2.05, 4.69) is 0 Å². The molecule has 0 aliphatic rings. The number of para-hydroxylation sites is 2. The van der Waals surface area contributed by atoms with E-state index in [-0.39, 0.29) is 5.56 Å². The summed E-state index contributed by atoms with van der Waals surface area (Å²) in [7, 11) is 0. The fraction of sp³-hybridized carbons (Fsp3) is 0. The number of phenols is 2. The van der Waals surface area contributed by atoms with Gasteiger partial charge in [-0.1, -0.05) is 12.1 Å². The zero-order valence-electron chi connectivity index (χ0n) is 9.52. The third-order valence-corrected chi connectivity index (χ3v) is 2.46. The lowest BCUT2D eigenvalue weighted by atomic mass is 10.1. The fourth-order valence-electron chi connectivity index (χ4n) is 1.51. The monoisotopic (exact) mass is 265 g/mol. The van der Waals surface area contributed by atoms with E-state index in [0.29, 0.717) is 0 Å². The van der Waals surface area contributed by atoms with Crippen LogP contribution in [0.5, 0.6) is 11.5 Å². The molecule has 0 unspecified atom stereocenters. The van der Waals surface area contributed by atoms with Crippen LogP contribution in [0.25, 0.3) is 0 Å².